The Hall–Kier alpha value is -3.69. The molecule has 5 N–H and O–H groups in total. The fourth-order valence-electron chi connectivity index (χ4n) is 23.6. The molecule has 444 valence electrons. The van der Waals surface area contributed by atoms with Crippen molar-refractivity contribution in [3.05, 3.63) is 46.6 Å². The van der Waals surface area contributed by atoms with Gasteiger partial charge in [0, 0.05) is 59.2 Å². The third-order valence-corrected chi connectivity index (χ3v) is 26.1. The molecule has 81 heavy (non-hydrogen) atoms. The SMILES string of the molecule is CC1=C[C@H]2[C@@]3(O)[C@H](C)C[C@]4(OC(=O)CC56CC7CC(CC(C7)C5)C6)[C@H]([C@@H]3C=C(CO)C[C@]2(O)C1=O)C4(C)C.CCOC(=O)OCC1=C[C@H]2[C@@H]3C(C)(C)[C@]3(OC(=O)CC34CC5CC(CC(C5)C3)C4)C[C@@H](C)[C@]2(O)[C@@H]2C=C(C)C(=O)[C@@]2(O)C1. The van der Waals surface area contributed by atoms with Gasteiger partial charge in [-0.15, -0.1) is 0 Å². The Labute approximate surface area is 478 Å². The van der Waals surface area contributed by atoms with E-state index in [0.29, 0.717) is 48.0 Å². The molecule has 12 fully saturated rings. The van der Waals surface area contributed by atoms with Crippen molar-refractivity contribution in [2.45, 2.75) is 211 Å². The molecule has 0 radical (unpaired) electrons. The second kappa shape index (κ2) is 18.2. The van der Waals surface area contributed by atoms with E-state index < -0.39 is 74.6 Å². The summed E-state index contributed by atoms with van der Waals surface area (Å²) in [6.07, 6.45) is 23.3. The minimum absolute atomic E-state index is 0.0122. The summed E-state index contributed by atoms with van der Waals surface area (Å²) in [7, 11) is 0. The minimum atomic E-state index is -1.85. The quantitative estimate of drug-likeness (QED) is 0.0781. The molecule has 0 amide bonds. The maximum absolute atomic E-state index is 13.9. The molecule has 0 aromatic heterocycles. The zero-order valence-electron chi connectivity index (χ0n) is 49.7. The lowest BCUT2D eigenvalue weighted by atomic mass is 9.49. The fraction of sp³-hybridized carbons (Fsp3) is 0.806. The summed E-state index contributed by atoms with van der Waals surface area (Å²) < 4.78 is 23.5. The molecule has 0 aromatic carbocycles. The van der Waals surface area contributed by atoms with E-state index in [1.807, 2.05) is 26.0 Å². The largest absolute Gasteiger partial charge is 0.508 e. The van der Waals surface area contributed by atoms with Crippen LogP contribution in [-0.4, -0.2) is 109 Å². The van der Waals surface area contributed by atoms with E-state index in [-0.39, 0.29) is 90.3 Å². The van der Waals surface area contributed by atoms with Gasteiger partial charge in [0.05, 0.1) is 37.3 Å². The molecule has 14 atom stereocenters. The molecule has 0 unspecified atom stereocenters. The summed E-state index contributed by atoms with van der Waals surface area (Å²) in [5, 5.41) is 59.0. The monoisotopic (exact) mass is 1120 g/mol. The molecule has 0 spiro atoms. The Morgan fingerprint density at radius 1 is 0.543 bits per heavy atom. The predicted molar refractivity (Wildman–Crippen MR) is 297 cm³/mol. The van der Waals surface area contributed by atoms with Crippen molar-refractivity contribution >= 4 is 29.7 Å². The van der Waals surface area contributed by atoms with Gasteiger partial charge in [-0.1, -0.05) is 65.8 Å². The van der Waals surface area contributed by atoms with Gasteiger partial charge in [0.1, 0.15) is 29.0 Å². The number of hydrogen-bond acceptors (Lipinski definition) is 14. The van der Waals surface area contributed by atoms with Crippen LogP contribution in [0.4, 0.5) is 4.79 Å². The van der Waals surface area contributed by atoms with E-state index in [1.165, 1.54) is 38.5 Å². The maximum atomic E-state index is 13.9. The van der Waals surface area contributed by atoms with Gasteiger partial charge in [0.15, 0.2) is 11.6 Å². The number of ketones is 2. The maximum Gasteiger partial charge on any atom is 0.508 e. The average Bonchev–Trinajstić information content (AvgIpc) is 1.54. The number of ether oxygens (including phenoxy) is 4. The lowest BCUT2D eigenvalue weighted by Crippen LogP contribution is -2.61. The van der Waals surface area contributed by atoms with Crippen LogP contribution in [-0.2, 0) is 38.1 Å². The molecule has 0 aromatic rings. The lowest BCUT2D eigenvalue weighted by Gasteiger charge is -2.56. The van der Waals surface area contributed by atoms with Crippen LogP contribution < -0.4 is 0 Å². The molecule has 0 aliphatic heterocycles. The van der Waals surface area contributed by atoms with Crippen molar-refractivity contribution in [3.63, 3.8) is 0 Å². The van der Waals surface area contributed by atoms with Crippen molar-refractivity contribution in [1.29, 1.82) is 0 Å². The summed E-state index contributed by atoms with van der Waals surface area (Å²) in [6, 6.07) is 0. The Bertz CT molecular complexity index is 2780. The number of rotatable bonds is 10. The van der Waals surface area contributed by atoms with Crippen LogP contribution in [0.15, 0.2) is 46.6 Å². The number of carbonyl (C=O) groups excluding carboxylic acids is 5. The summed E-state index contributed by atoms with van der Waals surface area (Å²) in [5.74, 6) is -0.0203. The van der Waals surface area contributed by atoms with Gasteiger partial charge in [0.2, 0.25) is 0 Å². The van der Waals surface area contributed by atoms with Crippen molar-refractivity contribution in [2.75, 3.05) is 19.8 Å². The second-order valence-corrected chi connectivity index (χ2v) is 31.6. The first-order valence-electron chi connectivity index (χ1n) is 31.5. The summed E-state index contributed by atoms with van der Waals surface area (Å²) >= 11 is 0. The van der Waals surface area contributed by atoms with Gasteiger partial charge in [-0.05, 0) is 191 Å². The number of aliphatic hydroxyl groups is 5. The first kappa shape index (κ1) is 56.4. The summed E-state index contributed by atoms with van der Waals surface area (Å²) in [4.78, 5) is 66.2. The van der Waals surface area contributed by atoms with E-state index in [9.17, 15) is 49.5 Å². The Morgan fingerprint density at radius 3 is 1.26 bits per heavy atom. The number of carbonyl (C=O) groups is 5. The van der Waals surface area contributed by atoms with Gasteiger partial charge < -0.3 is 44.5 Å². The van der Waals surface area contributed by atoms with Crippen molar-refractivity contribution in [1.82, 2.24) is 0 Å². The number of fused-ring (bicyclic) bond motifs is 10. The standard InChI is InChI=1S/C35H48O8.C32H44O6/c1-6-41-30(38)42-18-24-11-25-28-31(4,5)34(28,12-20(3)35(25,40)26-7-19(2)29(37)33(26,39)16-24)43-27(36)17-32-13-21-8-22(14-32)10-23(9-21)15-32;1-17-5-24-30(36,27(17)35)14-22(16-33)9-23-26-28(3,4)31(26,10-18(2)32(23,24)37)38-25(34)15-29-11-19-6-20(12-29)8-21(7-19)13-29/h7,11,20-23,25-26,28,39-40H,6,8-10,12-18H2,1-5H3;5,9,18-21,23-24,26,33,36-37H,6-8,10-16H2,1-4H3/t20-,21?,22?,23?,25+,26-,28-,32?,33-,34+,35-;18-,19?,20?,21?,23+,24-,26-,29?,30-,31+,32-/m11/s1. The highest BCUT2D eigenvalue weighted by Gasteiger charge is 2.85. The van der Waals surface area contributed by atoms with Crippen molar-refractivity contribution in [2.24, 2.45) is 105 Å². The highest BCUT2D eigenvalue weighted by Crippen LogP contribution is 2.79. The topological polar surface area (TPSA) is 223 Å². The molecule has 16 aliphatic carbocycles. The first-order valence-corrected chi connectivity index (χ1v) is 31.5. The third-order valence-electron chi connectivity index (χ3n) is 26.1. The minimum Gasteiger partial charge on any atom is -0.458 e. The second-order valence-electron chi connectivity index (χ2n) is 31.6. The van der Waals surface area contributed by atoms with Crippen LogP contribution in [0, 0.1) is 105 Å². The molecule has 14 heteroatoms. The molecule has 12 saturated carbocycles. The van der Waals surface area contributed by atoms with E-state index in [0.717, 1.165) is 74.0 Å². The number of Topliss-reactive ketones (excluding diaryl/α,β-unsaturated/α-hetero) is 2. The number of aliphatic hydroxyl groups excluding tert-OH is 1. The highest BCUT2D eigenvalue weighted by molar-refractivity contribution is 6.05. The number of esters is 2. The Balaban J connectivity index is 0.000000154. The molecular formula is C67H92O14. The molecule has 8 bridgehead atoms. The molecule has 16 aliphatic rings. The van der Waals surface area contributed by atoms with Crippen LogP contribution in [0.1, 0.15) is 178 Å². The van der Waals surface area contributed by atoms with E-state index in [1.54, 1.807) is 32.9 Å². The molecular weight excluding hydrogens is 1030 g/mol. The van der Waals surface area contributed by atoms with Crippen LogP contribution in [0.5, 0.6) is 0 Å². The average molecular weight is 1120 g/mol. The van der Waals surface area contributed by atoms with Gasteiger partial charge >= 0.3 is 18.1 Å². The van der Waals surface area contributed by atoms with Crippen LogP contribution in [0.3, 0.4) is 0 Å². The van der Waals surface area contributed by atoms with Crippen molar-refractivity contribution < 1.29 is 68.5 Å². The highest BCUT2D eigenvalue weighted by atomic mass is 16.7. The van der Waals surface area contributed by atoms with Crippen molar-refractivity contribution in [3.8, 4) is 0 Å². The van der Waals surface area contributed by atoms with Gasteiger partial charge in [-0.2, -0.15) is 0 Å². The van der Waals surface area contributed by atoms with Gasteiger partial charge in [-0.3, -0.25) is 19.2 Å². The lowest BCUT2D eigenvalue weighted by molar-refractivity contribution is -0.190. The molecule has 16 rings (SSSR count). The number of hydrogen-bond donors (Lipinski definition) is 5. The smallest absolute Gasteiger partial charge is 0.458 e. The zero-order chi connectivity index (χ0) is 57.8. The Kier molecular flexibility index (Phi) is 12.7. The first-order chi connectivity index (χ1) is 37.9. The van der Waals surface area contributed by atoms with Gasteiger partial charge in [0.25, 0.3) is 0 Å². The van der Waals surface area contributed by atoms with Gasteiger partial charge in [-0.25, -0.2) is 4.79 Å². The summed E-state index contributed by atoms with van der Waals surface area (Å²) in [6.45, 7) is 17.2. The summed E-state index contributed by atoms with van der Waals surface area (Å²) in [5.41, 5.74) is -6.49. The Morgan fingerprint density at radius 2 is 0.901 bits per heavy atom. The predicted octanol–water partition coefficient (Wildman–Crippen LogP) is 9.41. The van der Waals surface area contributed by atoms with E-state index in [2.05, 4.69) is 27.7 Å². The zero-order valence-corrected chi connectivity index (χ0v) is 49.7. The van der Waals surface area contributed by atoms with Crippen LogP contribution in [0.25, 0.3) is 0 Å². The fourth-order valence-corrected chi connectivity index (χ4v) is 23.6. The normalized spacial score (nSPS) is 50.6. The van der Waals surface area contributed by atoms with Crippen LogP contribution in [0.2, 0.25) is 0 Å². The molecule has 0 heterocycles. The van der Waals surface area contributed by atoms with E-state index >= 15 is 0 Å². The third kappa shape index (κ3) is 7.94. The molecule has 0 saturated heterocycles. The van der Waals surface area contributed by atoms with E-state index in [4.69, 9.17) is 18.9 Å². The van der Waals surface area contributed by atoms with Crippen LogP contribution >= 0.6 is 0 Å². The molecule has 14 nitrogen and oxygen atoms in total.